The molecule has 204 valence electrons. The van der Waals surface area contributed by atoms with Gasteiger partial charge < -0.3 is 19.2 Å². The van der Waals surface area contributed by atoms with Crippen LogP contribution in [-0.4, -0.2) is 23.7 Å². The maximum atomic E-state index is 12.6. The lowest BCUT2D eigenvalue weighted by Gasteiger charge is -2.39. The molecule has 1 N–H and O–H groups in total. The number of amides is 1. The van der Waals surface area contributed by atoms with Gasteiger partial charge in [0.25, 0.3) is 5.91 Å². The molecule has 9 heteroatoms. The minimum atomic E-state index is -0.456. The topological polar surface area (TPSA) is 82.7 Å². The van der Waals surface area contributed by atoms with Crippen LogP contribution in [0.2, 0.25) is 10.0 Å². The van der Waals surface area contributed by atoms with Gasteiger partial charge in [0.15, 0.2) is 12.2 Å². The average molecular weight is 569 g/mol. The molecule has 1 saturated heterocycles. The molecule has 5 rings (SSSR count). The van der Waals surface area contributed by atoms with E-state index in [1.807, 2.05) is 36.4 Å². The predicted molar refractivity (Wildman–Crippen MR) is 153 cm³/mol. The second-order valence-electron chi connectivity index (χ2n) is 10.3. The van der Waals surface area contributed by atoms with Crippen molar-refractivity contribution in [3.63, 3.8) is 0 Å². The molecule has 1 aromatic heterocycles. The summed E-state index contributed by atoms with van der Waals surface area (Å²) in [6, 6.07) is 18.4. The molecular formula is C30H30Cl2N2O5. The number of hydrogen-bond donors (Lipinski definition) is 1. The standard InChI is InChI=1S/C30H30Cl2N2O5/c1-17(2)24-12-19(23-9-7-20(31)13-25(23)32)15-38-29(24)18-5-4-6-22(11-18)37-16-28(35)33-21-8-10-26-27(14-21)39-30(36)34(26)3/h4-11,13-14,17,19,24,29H,12,15-16H2,1-3H3,(H,33,35)/t19-,24-,29-/m0/s1. The minimum Gasteiger partial charge on any atom is -0.484 e. The van der Waals surface area contributed by atoms with Gasteiger partial charge in [-0.1, -0.05) is 55.2 Å². The lowest BCUT2D eigenvalue weighted by atomic mass is 9.76. The van der Waals surface area contributed by atoms with Gasteiger partial charge >= 0.3 is 5.76 Å². The molecule has 3 aromatic carbocycles. The van der Waals surface area contributed by atoms with Crippen LogP contribution in [0.5, 0.6) is 5.75 Å². The van der Waals surface area contributed by atoms with Gasteiger partial charge in [-0.2, -0.15) is 0 Å². The van der Waals surface area contributed by atoms with E-state index in [-0.39, 0.29) is 30.5 Å². The van der Waals surface area contributed by atoms with Gasteiger partial charge in [0.2, 0.25) is 0 Å². The van der Waals surface area contributed by atoms with Crippen molar-refractivity contribution in [1.82, 2.24) is 4.57 Å². The SMILES string of the molecule is CC(C)[C@@H]1C[C@H](c2ccc(Cl)cc2Cl)CO[C@H]1c1cccc(OCC(=O)Nc2ccc3c(c2)oc(=O)n3C)c1. The zero-order valence-electron chi connectivity index (χ0n) is 21.9. The summed E-state index contributed by atoms with van der Waals surface area (Å²) >= 11 is 12.6. The van der Waals surface area contributed by atoms with E-state index in [1.165, 1.54) is 4.57 Å². The Labute approximate surface area is 236 Å². The Hall–Kier alpha value is -3.26. The van der Waals surface area contributed by atoms with Gasteiger partial charge in [-0.15, -0.1) is 0 Å². The van der Waals surface area contributed by atoms with Crippen LogP contribution in [0.25, 0.3) is 11.1 Å². The molecule has 1 amide bonds. The average Bonchev–Trinajstić information content (AvgIpc) is 3.19. The number of nitrogens with one attached hydrogen (secondary N) is 1. The molecule has 1 fully saturated rings. The van der Waals surface area contributed by atoms with Gasteiger partial charge in [-0.3, -0.25) is 9.36 Å². The maximum Gasteiger partial charge on any atom is 0.419 e. The molecule has 2 heterocycles. The van der Waals surface area contributed by atoms with Crippen molar-refractivity contribution < 1.29 is 18.7 Å². The zero-order chi connectivity index (χ0) is 27.7. The summed E-state index contributed by atoms with van der Waals surface area (Å²) in [4.78, 5) is 24.3. The number of halogens is 2. The van der Waals surface area contributed by atoms with Crippen molar-refractivity contribution in [2.45, 2.75) is 32.3 Å². The first-order chi connectivity index (χ1) is 18.7. The third kappa shape index (κ3) is 6.01. The predicted octanol–water partition coefficient (Wildman–Crippen LogP) is 6.97. The molecule has 0 saturated carbocycles. The molecule has 0 aliphatic carbocycles. The number of carbonyl (C=O) groups excluding carboxylic acids is 1. The van der Waals surface area contributed by atoms with Crippen LogP contribution in [0.3, 0.4) is 0 Å². The van der Waals surface area contributed by atoms with Crippen LogP contribution in [-0.2, 0) is 16.6 Å². The fourth-order valence-corrected chi connectivity index (χ4v) is 5.78. The van der Waals surface area contributed by atoms with Crippen LogP contribution in [0.15, 0.2) is 69.9 Å². The van der Waals surface area contributed by atoms with Gasteiger partial charge in [-0.25, -0.2) is 4.79 Å². The summed E-state index contributed by atoms with van der Waals surface area (Å²) in [6.07, 6.45) is 0.834. The molecule has 3 atom stereocenters. The first kappa shape index (κ1) is 27.3. The second-order valence-corrected chi connectivity index (χ2v) is 11.1. The number of fused-ring (bicyclic) bond motifs is 1. The molecule has 1 aliphatic heterocycles. The summed E-state index contributed by atoms with van der Waals surface area (Å²) in [5.74, 6) is 0.635. The second kappa shape index (κ2) is 11.5. The molecule has 0 bridgehead atoms. The number of benzene rings is 3. The summed E-state index contributed by atoms with van der Waals surface area (Å²) in [5.41, 5.74) is 3.64. The monoisotopic (exact) mass is 568 g/mol. The minimum absolute atomic E-state index is 0.100. The lowest BCUT2D eigenvalue weighted by Crippen LogP contribution is -2.31. The van der Waals surface area contributed by atoms with Crippen molar-refractivity contribution in [3.8, 4) is 5.75 Å². The van der Waals surface area contributed by atoms with Crippen molar-refractivity contribution in [2.75, 3.05) is 18.5 Å². The van der Waals surface area contributed by atoms with E-state index in [2.05, 4.69) is 19.2 Å². The number of hydrogen-bond acceptors (Lipinski definition) is 5. The normalized spacial score (nSPS) is 19.4. The molecule has 39 heavy (non-hydrogen) atoms. The highest BCUT2D eigenvalue weighted by molar-refractivity contribution is 6.35. The number of anilines is 1. The Morgan fingerprint density at radius 2 is 1.95 bits per heavy atom. The van der Waals surface area contributed by atoms with Gasteiger partial charge in [0.05, 0.1) is 18.2 Å². The molecular weight excluding hydrogens is 539 g/mol. The Morgan fingerprint density at radius 3 is 2.72 bits per heavy atom. The van der Waals surface area contributed by atoms with E-state index in [0.29, 0.717) is 45.1 Å². The Kier molecular flexibility index (Phi) is 8.03. The Morgan fingerprint density at radius 1 is 1.13 bits per heavy atom. The van der Waals surface area contributed by atoms with E-state index >= 15 is 0 Å². The number of ether oxygens (including phenoxy) is 2. The van der Waals surface area contributed by atoms with Crippen molar-refractivity contribution in [1.29, 1.82) is 0 Å². The Balaban J connectivity index is 1.24. The van der Waals surface area contributed by atoms with Crippen LogP contribution in [0.4, 0.5) is 5.69 Å². The zero-order valence-corrected chi connectivity index (χ0v) is 23.5. The van der Waals surface area contributed by atoms with Gasteiger partial charge in [0.1, 0.15) is 5.75 Å². The number of aromatic nitrogens is 1. The summed E-state index contributed by atoms with van der Waals surface area (Å²) < 4.78 is 18.9. The molecule has 1 aliphatic rings. The molecule has 4 aromatic rings. The largest absolute Gasteiger partial charge is 0.484 e. The summed E-state index contributed by atoms with van der Waals surface area (Å²) in [6.45, 7) is 4.79. The van der Waals surface area contributed by atoms with Crippen molar-refractivity contribution in [3.05, 3.63) is 92.4 Å². The maximum absolute atomic E-state index is 12.6. The van der Waals surface area contributed by atoms with E-state index in [0.717, 1.165) is 17.5 Å². The summed E-state index contributed by atoms with van der Waals surface area (Å²) in [7, 11) is 1.63. The van der Waals surface area contributed by atoms with Crippen LogP contribution >= 0.6 is 23.2 Å². The smallest absolute Gasteiger partial charge is 0.419 e. The van der Waals surface area contributed by atoms with Gasteiger partial charge in [0, 0.05) is 34.8 Å². The third-order valence-electron chi connectivity index (χ3n) is 7.31. The Bertz CT molecular complexity index is 1560. The number of nitrogens with zero attached hydrogens (tertiary/aromatic N) is 1. The highest BCUT2D eigenvalue weighted by Gasteiger charge is 2.35. The number of oxazole rings is 1. The fraction of sp³-hybridized carbons (Fsp3) is 0.333. The summed E-state index contributed by atoms with van der Waals surface area (Å²) in [5, 5.41) is 4.07. The van der Waals surface area contributed by atoms with Crippen molar-refractivity contribution in [2.24, 2.45) is 18.9 Å². The lowest BCUT2D eigenvalue weighted by molar-refractivity contribution is -0.118. The number of aryl methyl sites for hydroxylation is 1. The molecule has 7 nitrogen and oxygen atoms in total. The number of rotatable bonds is 7. The highest BCUT2D eigenvalue weighted by atomic mass is 35.5. The first-order valence-corrected chi connectivity index (χ1v) is 13.6. The van der Waals surface area contributed by atoms with Crippen LogP contribution in [0.1, 0.15) is 43.4 Å². The van der Waals surface area contributed by atoms with E-state index in [1.54, 1.807) is 31.3 Å². The third-order valence-corrected chi connectivity index (χ3v) is 7.88. The van der Waals surface area contributed by atoms with Crippen molar-refractivity contribution >= 4 is 45.9 Å². The van der Waals surface area contributed by atoms with Gasteiger partial charge in [-0.05, 0) is 65.8 Å². The molecule has 0 radical (unpaired) electrons. The van der Waals surface area contributed by atoms with E-state index in [9.17, 15) is 9.59 Å². The fourth-order valence-electron chi connectivity index (χ4n) is 5.22. The van der Waals surface area contributed by atoms with E-state index in [4.69, 9.17) is 37.1 Å². The molecule has 0 unspecified atom stereocenters. The van der Waals surface area contributed by atoms with Crippen LogP contribution < -0.4 is 15.8 Å². The number of carbonyl (C=O) groups is 1. The quantitative estimate of drug-likeness (QED) is 0.260. The first-order valence-electron chi connectivity index (χ1n) is 12.9. The van der Waals surface area contributed by atoms with E-state index < -0.39 is 5.76 Å². The highest BCUT2D eigenvalue weighted by Crippen LogP contribution is 2.45. The molecule has 0 spiro atoms. The van der Waals surface area contributed by atoms with Crippen LogP contribution in [0, 0.1) is 11.8 Å².